The molecule has 7 nitrogen and oxygen atoms in total. The third-order valence-corrected chi connectivity index (χ3v) is 9.98. The Kier molecular flexibility index (Phi) is 10.4. The second kappa shape index (κ2) is 14.9. The van der Waals surface area contributed by atoms with Gasteiger partial charge in [-0.25, -0.2) is 4.79 Å². The van der Waals surface area contributed by atoms with Crippen LogP contribution in [0.15, 0.2) is 89.8 Å². The average Bonchev–Trinajstić information content (AvgIpc) is 3.53. The number of likely N-dealkylation sites (tertiary alicyclic amines) is 1. The third-order valence-electron chi connectivity index (χ3n) is 9.31. The number of aromatic nitrogens is 2. The summed E-state index contributed by atoms with van der Waals surface area (Å²) in [4.78, 5) is 36.7. The van der Waals surface area contributed by atoms with Gasteiger partial charge < -0.3 is 14.2 Å². The van der Waals surface area contributed by atoms with Crippen molar-refractivity contribution in [2.45, 2.75) is 64.1 Å². The number of rotatable bonds is 9. The van der Waals surface area contributed by atoms with E-state index in [4.69, 9.17) is 21.3 Å². The lowest BCUT2D eigenvalue weighted by atomic mass is 9.74. The van der Waals surface area contributed by atoms with Crippen molar-refractivity contribution in [1.29, 1.82) is 0 Å². The minimum absolute atomic E-state index is 0.0196. The fraction of sp³-hybridized carbons (Fsp3) is 0.378. The summed E-state index contributed by atoms with van der Waals surface area (Å²) in [5.74, 6) is 0.0282. The van der Waals surface area contributed by atoms with Crippen LogP contribution in [-0.4, -0.2) is 57.1 Å². The van der Waals surface area contributed by atoms with Crippen LogP contribution in [0.1, 0.15) is 60.1 Å². The van der Waals surface area contributed by atoms with Gasteiger partial charge in [-0.1, -0.05) is 48.0 Å². The summed E-state index contributed by atoms with van der Waals surface area (Å²) in [6.45, 7) is 4.36. The molecule has 0 bridgehead atoms. The van der Waals surface area contributed by atoms with Crippen molar-refractivity contribution in [2.24, 2.45) is 5.92 Å². The number of hydrogen-bond donors (Lipinski definition) is 0. The van der Waals surface area contributed by atoms with E-state index >= 15 is 0 Å². The highest BCUT2D eigenvalue weighted by Crippen LogP contribution is 2.44. The summed E-state index contributed by atoms with van der Waals surface area (Å²) in [5.41, 5.74) is 5.76. The molecule has 0 saturated carbocycles. The Balaban J connectivity index is 1.34. The lowest BCUT2D eigenvalue weighted by Gasteiger charge is -2.42. The Bertz CT molecular complexity index is 1590. The Hall–Kier alpha value is -3.62. The molecular weight excluding hydrogens is 664 g/mol. The van der Waals surface area contributed by atoms with Crippen molar-refractivity contribution >= 4 is 39.5 Å². The van der Waals surface area contributed by atoms with Crippen molar-refractivity contribution in [1.82, 2.24) is 19.4 Å². The number of ether oxygens (including phenoxy) is 1. The predicted molar refractivity (Wildman–Crippen MR) is 184 cm³/mol. The van der Waals surface area contributed by atoms with Gasteiger partial charge in [0.2, 0.25) is 5.91 Å². The molecule has 1 aliphatic carbocycles. The number of halogens is 2. The zero-order chi connectivity index (χ0) is 32.0. The predicted octanol–water partition coefficient (Wildman–Crippen LogP) is 7.89. The molecule has 2 aromatic heterocycles. The standard InChI is InChI=1S/C37H40BrClN4O3/c1-2-46-37(45)43-20-15-28(34-32-14-13-31(39)22-27(32)11-12-29-21-30(38)24-40-35(29)34)23-33(43)36(44)42(25-26-9-4-3-5-10-26)19-8-18-41-16-6-7-17-41/h3-7,9-10,13-14,16-17,21-22,24,28,33-34H,2,8,11-12,15,18-20,23,25H2,1H3/t28?,33?,34-/m0/s1. The smallest absolute Gasteiger partial charge is 0.410 e. The van der Waals surface area contributed by atoms with Crippen LogP contribution in [0.5, 0.6) is 0 Å². The highest BCUT2D eigenvalue weighted by molar-refractivity contribution is 9.10. The van der Waals surface area contributed by atoms with E-state index in [-0.39, 0.29) is 24.3 Å². The van der Waals surface area contributed by atoms with Gasteiger partial charge in [-0.15, -0.1) is 0 Å². The first-order valence-electron chi connectivity index (χ1n) is 16.2. The maximum Gasteiger partial charge on any atom is 0.410 e. The Morgan fingerprint density at radius 1 is 1.04 bits per heavy atom. The van der Waals surface area contributed by atoms with Crippen LogP contribution in [-0.2, 0) is 35.5 Å². The summed E-state index contributed by atoms with van der Waals surface area (Å²) in [5, 5.41) is 0.722. The maximum atomic E-state index is 14.7. The molecule has 1 aliphatic heterocycles. The van der Waals surface area contributed by atoms with Gasteiger partial charge in [0.05, 0.1) is 12.3 Å². The molecule has 1 fully saturated rings. The molecule has 3 heterocycles. The SMILES string of the molecule is CCOC(=O)N1CCC([C@H]2c3ccc(Cl)cc3CCc3cc(Br)cnc32)CC1C(=O)N(CCCn1cccc1)Cc1ccccc1. The van der Waals surface area contributed by atoms with Crippen LogP contribution >= 0.6 is 27.5 Å². The molecule has 240 valence electrons. The largest absolute Gasteiger partial charge is 0.450 e. The fourth-order valence-corrected chi connectivity index (χ4v) is 7.73. The van der Waals surface area contributed by atoms with Crippen LogP contribution < -0.4 is 0 Å². The molecule has 6 rings (SSSR count). The lowest BCUT2D eigenvalue weighted by molar-refractivity contribution is -0.139. The number of nitrogens with zero attached hydrogens (tertiary/aromatic N) is 4. The van der Waals surface area contributed by atoms with Gasteiger partial charge in [0.15, 0.2) is 0 Å². The minimum Gasteiger partial charge on any atom is -0.450 e. The number of carbonyl (C=O) groups is 2. The van der Waals surface area contributed by atoms with Crippen molar-refractivity contribution in [2.75, 3.05) is 19.7 Å². The van der Waals surface area contributed by atoms with E-state index in [1.54, 1.807) is 11.8 Å². The molecule has 9 heteroatoms. The quantitative estimate of drug-likeness (QED) is 0.178. The summed E-state index contributed by atoms with van der Waals surface area (Å²) in [6, 6.07) is 21.8. The second-order valence-electron chi connectivity index (χ2n) is 12.2. The van der Waals surface area contributed by atoms with Crippen LogP contribution in [0.3, 0.4) is 0 Å². The topological polar surface area (TPSA) is 67.7 Å². The molecule has 0 spiro atoms. The van der Waals surface area contributed by atoms with E-state index in [1.807, 2.05) is 72.0 Å². The molecule has 3 atom stereocenters. The van der Waals surface area contributed by atoms with Gasteiger partial charge >= 0.3 is 6.09 Å². The van der Waals surface area contributed by atoms with Gasteiger partial charge in [-0.2, -0.15) is 0 Å². The van der Waals surface area contributed by atoms with Crippen LogP contribution in [0, 0.1) is 5.92 Å². The zero-order valence-corrected chi connectivity index (χ0v) is 28.5. The average molecular weight is 704 g/mol. The summed E-state index contributed by atoms with van der Waals surface area (Å²) in [6.07, 6.45) is 9.31. The van der Waals surface area contributed by atoms with Crippen LogP contribution in [0.25, 0.3) is 0 Å². The molecule has 2 amide bonds. The van der Waals surface area contributed by atoms with E-state index in [2.05, 4.69) is 38.7 Å². The first-order chi connectivity index (χ1) is 22.4. The van der Waals surface area contributed by atoms with Crippen molar-refractivity contribution in [3.8, 4) is 0 Å². The van der Waals surface area contributed by atoms with Gasteiger partial charge in [0.1, 0.15) is 6.04 Å². The summed E-state index contributed by atoms with van der Waals surface area (Å²) in [7, 11) is 0. The minimum atomic E-state index is -0.647. The molecule has 2 unspecified atom stereocenters. The van der Waals surface area contributed by atoms with E-state index in [0.717, 1.165) is 53.0 Å². The fourth-order valence-electron chi connectivity index (χ4n) is 7.16. The van der Waals surface area contributed by atoms with Gasteiger partial charge in [-0.3, -0.25) is 14.7 Å². The third kappa shape index (κ3) is 7.34. The number of piperidine rings is 1. The normalized spacial score (nSPS) is 19.1. The first-order valence-corrected chi connectivity index (χ1v) is 17.4. The van der Waals surface area contributed by atoms with Crippen molar-refractivity contribution < 1.29 is 14.3 Å². The molecule has 1 saturated heterocycles. The van der Waals surface area contributed by atoms with Crippen LogP contribution in [0.2, 0.25) is 5.02 Å². The summed E-state index contributed by atoms with van der Waals surface area (Å²) < 4.78 is 8.59. The Morgan fingerprint density at radius 2 is 1.83 bits per heavy atom. The van der Waals surface area contributed by atoms with Crippen LogP contribution in [0.4, 0.5) is 4.79 Å². The van der Waals surface area contributed by atoms with E-state index in [0.29, 0.717) is 26.1 Å². The van der Waals surface area contributed by atoms with E-state index in [9.17, 15) is 9.59 Å². The Labute approximate surface area is 284 Å². The molecule has 2 aliphatic rings. The van der Waals surface area contributed by atoms with Crippen molar-refractivity contribution in [3.05, 3.63) is 123 Å². The maximum absolute atomic E-state index is 14.7. The molecule has 2 aromatic carbocycles. The number of hydrogen-bond acceptors (Lipinski definition) is 4. The van der Waals surface area contributed by atoms with Gasteiger partial charge in [0, 0.05) is 60.2 Å². The van der Waals surface area contributed by atoms with E-state index in [1.165, 1.54) is 16.7 Å². The highest BCUT2D eigenvalue weighted by atomic mass is 79.9. The van der Waals surface area contributed by atoms with Crippen molar-refractivity contribution in [3.63, 3.8) is 0 Å². The number of pyridine rings is 1. The molecule has 0 N–H and O–H groups in total. The monoisotopic (exact) mass is 702 g/mol. The van der Waals surface area contributed by atoms with Gasteiger partial charge in [-0.05, 0) is 113 Å². The lowest BCUT2D eigenvalue weighted by Crippen LogP contribution is -2.55. The number of carbonyl (C=O) groups excluding carboxylic acids is 2. The molecule has 0 radical (unpaired) electrons. The molecule has 46 heavy (non-hydrogen) atoms. The van der Waals surface area contributed by atoms with Gasteiger partial charge in [0.25, 0.3) is 0 Å². The number of aryl methyl sites for hydroxylation is 3. The molecule has 4 aromatic rings. The first kappa shape index (κ1) is 32.3. The summed E-state index contributed by atoms with van der Waals surface area (Å²) >= 11 is 10.1. The Morgan fingerprint density at radius 3 is 2.61 bits per heavy atom. The molecular formula is C37H40BrClN4O3. The number of amides is 2. The van der Waals surface area contributed by atoms with E-state index < -0.39 is 12.1 Å². The highest BCUT2D eigenvalue weighted by Gasteiger charge is 2.43. The zero-order valence-electron chi connectivity index (χ0n) is 26.2. The second-order valence-corrected chi connectivity index (χ2v) is 13.6. The number of fused-ring (bicyclic) bond motifs is 2. The number of benzene rings is 2.